The van der Waals surface area contributed by atoms with Gasteiger partial charge in [-0.25, -0.2) is 0 Å². The standard InChI is InChI=1S/C13H10N2O3/c14-8-10(7-11-3-1-5-17-11)13(16)15-9-12-4-2-6-18-12/h1-7H,9H2,(H,15,16)/b10-7+. The van der Waals surface area contributed by atoms with Crippen molar-refractivity contribution in [3.63, 3.8) is 0 Å². The summed E-state index contributed by atoms with van der Waals surface area (Å²) in [7, 11) is 0. The van der Waals surface area contributed by atoms with Gasteiger partial charge in [0.25, 0.3) is 5.91 Å². The Hall–Kier alpha value is -2.74. The molecule has 1 N–H and O–H groups in total. The van der Waals surface area contributed by atoms with Crippen LogP contribution in [0.1, 0.15) is 11.5 Å². The highest BCUT2D eigenvalue weighted by Gasteiger charge is 2.09. The third-order valence-electron chi connectivity index (χ3n) is 2.20. The molecule has 0 radical (unpaired) electrons. The molecule has 0 atom stereocenters. The van der Waals surface area contributed by atoms with Gasteiger partial charge in [0.1, 0.15) is 23.2 Å². The second-order valence-electron chi connectivity index (χ2n) is 3.45. The van der Waals surface area contributed by atoms with Gasteiger partial charge in [0.05, 0.1) is 19.1 Å². The molecule has 18 heavy (non-hydrogen) atoms. The molecule has 2 aromatic rings. The lowest BCUT2D eigenvalue weighted by Crippen LogP contribution is -2.23. The number of nitriles is 1. The van der Waals surface area contributed by atoms with E-state index in [0.717, 1.165) is 0 Å². The Labute approximate surface area is 103 Å². The second-order valence-corrected chi connectivity index (χ2v) is 3.45. The van der Waals surface area contributed by atoms with Gasteiger partial charge in [0.2, 0.25) is 0 Å². The van der Waals surface area contributed by atoms with Gasteiger partial charge < -0.3 is 14.2 Å². The predicted octanol–water partition coefficient (Wildman–Crippen LogP) is 2.10. The Morgan fingerprint density at radius 3 is 2.72 bits per heavy atom. The van der Waals surface area contributed by atoms with Crippen molar-refractivity contribution in [2.24, 2.45) is 0 Å². The average molecular weight is 242 g/mol. The zero-order chi connectivity index (χ0) is 12.8. The van der Waals surface area contributed by atoms with Crippen LogP contribution in [-0.4, -0.2) is 5.91 Å². The topological polar surface area (TPSA) is 79.2 Å². The SMILES string of the molecule is N#C/C(=C\c1ccco1)C(=O)NCc1ccco1. The Bertz CT molecular complexity index is 574. The maximum atomic E-state index is 11.7. The normalized spacial score (nSPS) is 10.9. The predicted molar refractivity (Wildman–Crippen MR) is 62.9 cm³/mol. The molecule has 1 amide bonds. The van der Waals surface area contributed by atoms with Gasteiger partial charge in [-0.1, -0.05) is 0 Å². The maximum absolute atomic E-state index is 11.7. The minimum Gasteiger partial charge on any atom is -0.467 e. The molecular formula is C13H10N2O3. The molecule has 0 bridgehead atoms. The minimum absolute atomic E-state index is 0.0171. The number of hydrogen-bond donors (Lipinski definition) is 1. The first-order valence-electron chi connectivity index (χ1n) is 5.25. The third kappa shape index (κ3) is 2.89. The Balaban J connectivity index is 2.00. The molecule has 0 fully saturated rings. The largest absolute Gasteiger partial charge is 0.467 e. The molecule has 0 aromatic carbocycles. The first-order chi connectivity index (χ1) is 8.79. The van der Waals surface area contributed by atoms with Gasteiger partial charge in [-0.3, -0.25) is 4.79 Å². The van der Waals surface area contributed by atoms with E-state index in [0.29, 0.717) is 11.5 Å². The lowest BCUT2D eigenvalue weighted by Gasteiger charge is -2.00. The van der Waals surface area contributed by atoms with Crippen molar-refractivity contribution in [1.29, 1.82) is 5.26 Å². The molecule has 0 aliphatic carbocycles. The number of nitrogens with zero attached hydrogens (tertiary/aromatic N) is 1. The number of amides is 1. The fraction of sp³-hybridized carbons (Fsp3) is 0.0769. The number of hydrogen-bond acceptors (Lipinski definition) is 4. The molecule has 2 aromatic heterocycles. The van der Waals surface area contributed by atoms with Crippen LogP contribution < -0.4 is 5.32 Å². The molecule has 0 spiro atoms. The van der Waals surface area contributed by atoms with Crippen LogP contribution in [-0.2, 0) is 11.3 Å². The molecule has 5 nitrogen and oxygen atoms in total. The molecule has 0 saturated carbocycles. The van der Waals surface area contributed by atoms with Crippen molar-refractivity contribution in [3.8, 4) is 6.07 Å². The van der Waals surface area contributed by atoms with Crippen LogP contribution in [0.5, 0.6) is 0 Å². The molecule has 0 aliphatic rings. The number of rotatable bonds is 4. The second kappa shape index (κ2) is 5.55. The molecule has 90 valence electrons. The van der Waals surface area contributed by atoms with Gasteiger partial charge in [-0.15, -0.1) is 0 Å². The van der Waals surface area contributed by atoms with E-state index < -0.39 is 5.91 Å². The van der Waals surface area contributed by atoms with Gasteiger partial charge in [-0.05, 0) is 24.3 Å². The molecule has 0 unspecified atom stereocenters. The highest BCUT2D eigenvalue weighted by Crippen LogP contribution is 2.07. The van der Waals surface area contributed by atoms with E-state index in [9.17, 15) is 4.79 Å². The van der Waals surface area contributed by atoms with Crippen LogP contribution in [0.3, 0.4) is 0 Å². The molecule has 5 heteroatoms. The fourth-order valence-corrected chi connectivity index (χ4v) is 1.34. The van der Waals surface area contributed by atoms with Crippen LogP contribution in [0.25, 0.3) is 6.08 Å². The Morgan fingerprint density at radius 2 is 2.11 bits per heavy atom. The van der Waals surface area contributed by atoms with E-state index in [1.807, 2.05) is 6.07 Å². The van der Waals surface area contributed by atoms with Gasteiger partial charge in [0, 0.05) is 6.08 Å². The van der Waals surface area contributed by atoms with Crippen molar-refractivity contribution in [1.82, 2.24) is 5.32 Å². The highest BCUT2D eigenvalue weighted by molar-refractivity contribution is 6.01. The van der Waals surface area contributed by atoms with Crippen molar-refractivity contribution < 1.29 is 13.6 Å². The number of furan rings is 2. The van der Waals surface area contributed by atoms with E-state index in [-0.39, 0.29) is 12.1 Å². The van der Waals surface area contributed by atoms with Crippen molar-refractivity contribution >= 4 is 12.0 Å². The van der Waals surface area contributed by atoms with E-state index >= 15 is 0 Å². The number of nitrogens with one attached hydrogen (secondary N) is 1. The van der Waals surface area contributed by atoms with E-state index in [2.05, 4.69) is 5.32 Å². The van der Waals surface area contributed by atoms with Crippen LogP contribution in [0.15, 0.2) is 51.2 Å². The van der Waals surface area contributed by atoms with Gasteiger partial charge in [-0.2, -0.15) is 5.26 Å². The van der Waals surface area contributed by atoms with Crippen LogP contribution in [0.2, 0.25) is 0 Å². The molecule has 2 heterocycles. The summed E-state index contributed by atoms with van der Waals surface area (Å²) in [5.74, 6) is 0.614. The fourth-order valence-electron chi connectivity index (χ4n) is 1.34. The summed E-state index contributed by atoms with van der Waals surface area (Å²) >= 11 is 0. The maximum Gasteiger partial charge on any atom is 0.262 e. The molecule has 0 saturated heterocycles. The Morgan fingerprint density at radius 1 is 1.33 bits per heavy atom. The average Bonchev–Trinajstić information content (AvgIpc) is 3.06. The van der Waals surface area contributed by atoms with Crippen molar-refractivity contribution in [2.45, 2.75) is 6.54 Å². The highest BCUT2D eigenvalue weighted by atomic mass is 16.3. The summed E-state index contributed by atoms with van der Waals surface area (Å²) in [6.45, 7) is 0.239. The smallest absolute Gasteiger partial charge is 0.262 e. The zero-order valence-corrected chi connectivity index (χ0v) is 9.42. The van der Waals surface area contributed by atoms with Crippen LogP contribution in [0, 0.1) is 11.3 Å². The third-order valence-corrected chi connectivity index (χ3v) is 2.20. The zero-order valence-electron chi connectivity index (χ0n) is 9.42. The van der Waals surface area contributed by atoms with E-state index in [4.69, 9.17) is 14.1 Å². The van der Waals surface area contributed by atoms with E-state index in [1.165, 1.54) is 18.6 Å². The molecule has 0 aliphatic heterocycles. The van der Waals surface area contributed by atoms with Crippen LogP contribution >= 0.6 is 0 Å². The summed E-state index contributed by atoms with van der Waals surface area (Å²) in [6, 6.07) is 8.64. The number of carbonyl (C=O) groups excluding carboxylic acids is 1. The first kappa shape index (κ1) is 11.7. The van der Waals surface area contributed by atoms with Gasteiger partial charge >= 0.3 is 0 Å². The lowest BCUT2D eigenvalue weighted by molar-refractivity contribution is -0.117. The van der Waals surface area contributed by atoms with Gasteiger partial charge in [0.15, 0.2) is 0 Å². The minimum atomic E-state index is -0.467. The lowest BCUT2D eigenvalue weighted by atomic mass is 10.2. The van der Waals surface area contributed by atoms with Crippen molar-refractivity contribution in [2.75, 3.05) is 0 Å². The number of carbonyl (C=O) groups is 1. The van der Waals surface area contributed by atoms with Crippen LogP contribution in [0.4, 0.5) is 0 Å². The quantitative estimate of drug-likeness (QED) is 0.657. The summed E-state index contributed by atoms with van der Waals surface area (Å²) in [5, 5.41) is 11.5. The summed E-state index contributed by atoms with van der Waals surface area (Å²) in [5.41, 5.74) is -0.0171. The first-order valence-corrected chi connectivity index (χ1v) is 5.25. The monoisotopic (exact) mass is 242 g/mol. The Kier molecular flexibility index (Phi) is 3.62. The van der Waals surface area contributed by atoms with E-state index in [1.54, 1.807) is 24.3 Å². The van der Waals surface area contributed by atoms with Crippen molar-refractivity contribution in [3.05, 3.63) is 53.9 Å². The summed E-state index contributed by atoms with van der Waals surface area (Å²) < 4.78 is 10.1. The summed E-state index contributed by atoms with van der Waals surface area (Å²) in [4.78, 5) is 11.7. The molecular weight excluding hydrogens is 232 g/mol. The molecule has 2 rings (SSSR count). The summed E-state index contributed by atoms with van der Waals surface area (Å²) in [6.07, 6.45) is 4.38.